The summed E-state index contributed by atoms with van der Waals surface area (Å²) in [6.45, 7) is 2.81. The molecule has 0 bridgehead atoms. The number of hydrogen-bond acceptors (Lipinski definition) is 3. The number of piperidine rings is 1. The Morgan fingerprint density at radius 3 is 2.47 bits per heavy atom. The minimum atomic E-state index is -4.58. The lowest BCUT2D eigenvalue weighted by Gasteiger charge is -2.26. The number of para-hydroxylation sites is 1. The first kappa shape index (κ1) is 24.0. The first-order chi connectivity index (χ1) is 17.3. The fourth-order valence-corrected chi connectivity index (χ4v) is 4.57. The molecule has 0 spiro atoms. The molecule has 1 fully saturated rings. The van der Waals surface area contributed by atoms with Crippen LogP contribution in [0.25, 0.3) is 16.7 Å². The van der Waals surface area contributed by atoms with E-state index in [4.69, 9.17) is 0 Å². The predicted octanol–water partition coefficient (Wildman–Crippen LogP) is 6.42. The van der Waals surface area contributed by atoms with Gasteiger partial charge in [0.25, 0.3) is 5.91 Å². The van der Waals surface area contributed by atoms with Gasteiger partial charge in [0.1, 0.15) is 5.82 Å². The average molecular weight is 497 g/mol. The van der Waals surface area contributed by atoms with Crippen molar-refractivity contribution in [3.8, 4) is 5.69 Å². The van der Waals surface area contributed by atoms with Crippen LogP contribution in [0.3, 0.4) is 0 Å². The molecule has 9 heteroatoms. The molecule has 3 aromatic carbocycles. The fourth-order valence-electron chi connectivity index (χ4n) is 4.57. The highest BCUT2D eigenvalue weighted by Gasteiger charge is 2.31. The third kappa shape index (κ3) is 4.97. The van der Waals surface area contributed by atoms with Gasteiger partial charge in [-0.2, -0.15) is 13.2 Å². The van der Waals surface area contributed by atoms with Crippen molar-refractivity contribution in [3.05, 3.63) is 89.2 Å². The molecule has 2 heterocycles. The van der Waals surface area contributed by atoms with Gasteiger partial charge in [-0.05, 0) is 74.0 Å². The second kappa shape index (κ2) is 9.73. The number of fused-ring (bicyclic) bond motifs is 1. The van der Waals surface area contributed by atoms with Gasteiger partial charge in [0, 0.05) is 12.1 Å². The second-order valence-corrected chi connectivity index (χ2v) is 8.91. The van der Waals surface area contributed by atoms with E-state index in [0.29, 0.717) is 11.0 Å². The fraction of sp³-hybridized carbons (Fsp3) is 0.259. The average Bonchev–Trinajstić information content (AvgIpc) is 3.21. The molecule has 36 heavy (non-hydrogen) atoms. The zero-order chi connectivity index (χ0) is 25.3. The van der Waals surface area contributed by atoms with Gasteiger partial charge in [0.05, 0.1) is 22.3 Å². The van der Waals surface area contributed by atoms with E-state index < -0.39 is 23.5 Å². The molecule has 1 aliphatic heterocycles. The first-order valence-electron chi connectivity index (χ1n) is 11.8. The molecule has 1 N–H and O–H groups in total. The molecule has 0 radical (unpaired) electrons. The number of hydrogen-bond donors (Lipinski definition) is 1. The molecule has 1 amide bonds. The highest BCUT2D eigenvalue weighted by atomic mass is 19.4. The van der Waals surface area contributed by atoms with Gasteiger partial charge in [-0.15, -0.1) is 0 Å². The summed E-state index contributed by atoms with van der Waals surface area (Å²) in [4.78, 5) is 19.9. The number of nitrogens with zero attached hydrogens (tertiary/aromatic N) is 3. The van der Waals surface area contributed by atoms with Crippen molar-refractivity contribution < 1.29 is 22.4 Å². The quantitative estimate of drug-likeness (QED) is 0.325. The molecule has 5 rings (SSSR count). The maximum atomic E-state index is 14.8. The lowest BCUT2D eigenvalue weighted by molar-refractivity contribution is -0.137. The lowest BCUT2D eigenvalue weighted by atomic mass is 10.1. The van der Waals surface area contributed by atoms with Gasteiger partial charge in [-0.1, -0.05) is 30.7 Å². The van der Waals surface area contributed by atoms with Crippen LogP contribution in [0, 0.1) is 5.82 Å². The zero-order valence-electron chi connectivity index (χ0n) is 19.4. The largest absolute Gasteiger partial charge is 0.416 e. The normalized spacial score (nSPS) is 14.8. The number of alkyl halides is 3. The van der Waals surface area contributed by atoms with E-state index in [1.165, 1.54) is 29.2 Å². The van der Waals surface area contributed by atoms with Crippen LogP contribution in [0.2, 0.25) is 0 Å². The Balaban J connectivity index is 1.53. The molecule has 1 aromatic heterocycles. The van der Waals surface area contributed by atoms with Gasteiger partial charge in [-0.3, -0.25) is 19.6 Å². The number of aromatic nitrogens is 2. The molecule has 0 saturated carbocycles. The van der Waals surface area contributed by atoms with E-state index in [9.17, 15) is 22.4 Å². The van der Waals surface area contributed by atoms with Crippen molar-refractivity contribution in [2.45, 2.75) is 32.0 Å². The van der Waals surface area contributed by atoms with Crippen LogP contribution in [-0.4, -0.2) is 33.4 Å². The summed E-state index contributed by atoms with van der Waals surface area (Å²) < 4.78 is 55.7. The SMILES string of the molecule is O=C(Nc1nc2cc(CN3CCCCC3)ccc2n1-c1ccccc1F)c1cccc(C(F)(F)F)c1. The highest BCUT2D eigenvalue weighted by Crippen LogP contribution is 2.31. The van der Waals surface area contributed by atoms with Crippen LogP contribution in [0.5, 0.6) is 0 Å². The Labute approximate surface area is 205 Å². The molecular formula is C27H24F4N4O. The van der Waals surface area contributed by atoms with E-state index in [2.05, 4.69) is 15.2 Å². The number of carbonyl (C=O) groups is 1. The number of likely N-dealkylation sites (tertiary alicyclic amines) is 1. The summed E-state index contributed by atoms with van der Waals surface area (Å²) >= 11 is 0. The zero-order valence-corrected chi connectivity index (χ0v) is 19.4. The standard InChI is InChI=1S/C27H24F4N4O/c28-21-9-2-3-10-23(21)35-24-12-11-18(17-34-13-4-1-5-14-34)15-22(24)32-26(35)33-25(36)19-7-6-8-20(16-19)27(29,30)31/h2-3,6-12,15-16H,1,4-5,13-14,17H2,(H,32,33,36). The first-order valence-corrected chi connectivity index (χ1v) is 11.8. The maximum Gasteiger partial charge on any atom is 0.416 e. The van der Waals surface area contributed by atoms with Crippen LogP contribution in [0.15, 0.2) is 66.7 Å². The number of benzene rings is 3. The minimum Gasteiger partial charge on any atom is -0.299 e. The second-order valence-electron chi connectivity index (χ2n) is 8.91. The summed E-state index contributed by atoms with van der Waals surface area (Å²) in [7, 11) is 0. The number of imidazole rings is 1. The van der Waals surface area contributed by atoms with Crippen LogP contribution < -0.4 is 5.32 Å². The van der Waals surface area contributed by atoms with Gasteiger partial charge >= 0.3 is 6.18 Å². The molecule has 186 valence electrons. The summed E-state index contributed by atoms with van der Waals surface area (Å²) in [6.07, 6.45) is -1.02. The monoisotopic (exact) mass is 496 g/mol. The number of nitrogens with one attached hydrogen (secondary N) is 1. The van der Waals surface area contributed by atoms with Crippen molar-refractivity contribution in [1.29, 1.82) is 0 Å². The van der Waals surface area contributed by atoms with Crippen LogP contribution >= 0.6 is 0 Å². The maximum absolute atomic E-state index is 14.8. The summed E-state index contributed by atoms with van der Waals surface area (Å²) in [6, 6.07) is 15.9. The summed E-state index contributed by atoms with van der Waals surface area (Å²) in [5, 5.41) is 2.59. The van der Waals surface area contributed by atoms with Gasteiger partial charge in [-0.25, -0.2) is 9.37 Å². The Morgan fingerprint density at radius 1 is 0.944 bits per heavy atom. The number of rotatable bonds is 5. The lowest BCUT2D eigenvalue weighted by Crippen LogP contribution is -2.29. The highest BCUT2D eigenvalue weighted by molar-refractivity contribution is 6.04. The minimum absolute atomic E-state index is 0.0210. The van der Waals surface area contributed by atoms with Crippen LogP contribution in [-0.2, 0) is 12.7 Å². The Kier molecular flexibility index (Phi) is 6.49. The van der Waals surface area contributed by atoms with E-state index in [1.807, 2.05) is 18.2 Å². The van der Waals surface area contributed by atoms with Crippen molar-refractivity contribution in [2.24, 2.45) is 0 Å². The van der Waals surface area contributed by atoms with E-state index in [1.54, 1.807) is 18.2 Å². The summed E-state index contributed by atoms with van der Waals surface area (Å²) in [5.41, 5.74) is 1.22. The van der Waals surface area contributed by atoms with Crippen LogP contribution in [0.1, 0.15) is 40.7 Å². The molecule has 0 atom stereocenters. The van der Waals surface area contributed by atoms with Gasteiger partial charge in [0.15, 0.2) is 0 Å². The summed E-state index contributed by atoms with van der Waals surface area (Å²) in [5.74, 6) is -1.28. The van der Waals surface area contributed by atoms with Gasteiger partial charge < -0.3 is 0 Å². The number of halogens is 4. The number of carbonyl (C=O) groups excluding carboxylic acids is 1. The van der Waals surface area contributed by atoms with Crippen molar-refractivity contribution >= 4 is 22.9 Å². The molecule has 0 aliphatic carbocycles. The molecule has 1 saturated heterocycles. The Hall–Kier alpha value is -3.72. The van der Waals surface area contributed by atoms with Crippen molar-refractivity contribution in [2.75, 3.05) is 18.4 Å². The Bertz CT molecular complexity index is 1410. The molecule has 1 aliphatic rings. The molecule has 0 unspecified atom stereocenters. The molecule has 5 nitrogen and oxygen atoms in total. The van der Waals surface area contributed by atoms with Crippen molar-refractivity contribution in [3.63, 3.8) is 0 Å². The van der Waals surface area contributed by atoms with Gasteiger partial charge in [0.2, 0.25) is 5.95 Å². The third-order valence-corrected chi connectivity index (χ3v) is 6.34. The smallest absolute Gasteiger partial charge is 0.299 e. The van der Waals surface area contributed by atoms with E-state index >= 15 is 0 Å². The number of amides is 1. The van der Waals surface area contributed by atoms with E-state index in [0.717, 1.165) is 50.2 Å². The van der Waals surface area contributed by atoms with Crippen LogP contribution in [0.4, 0.5) is 23.5 Å². The molecular weight excluding hydrogens is 472 g/mol. The third-order valence-electron chi connectivity index (χ3n) is 6.34. The van der Waals surface area contributed by atoms with E-state index in [-0.39, 0.29) is 17.2 Å². The van der Waals surface area contributed by atoms with Crippen molar-refractivity contribution in [1.82, 2.24) is 14.5 Å². The molecule has 4 aromatic rings. The predicted molar refractivity (Wildman–Crippen MR) is 130 cm³/mol. The Morgan fingerprint density at radius 2 is 1.72 bits per heavy atom. The topological polar surface area (TPSA) is 50.2 Å². The number of anilines is 1.